The van der Waals surface area contributed by atoms with E-state index in [0.29, 0.717) is 11.3 Å². The number of carboxylic acids is 1. The van der Waals surface area contributed by atoms with Crippen molar-refractivity contribution in [1.82, 2.24) is 4.31 Å². The zero-order valence-electron chi connectivity index (χ0n) is 13.6. The van der Waals surface area contributed by atoms with Crippen molar-refractivity contribution in [2.75, 3.05) is 13.7 Å². The third-order valence-electron chi connectivity index (χ3n) is 3.84. The Morgan fingerprint density at radius 2 is 2.12 bits per heavy atom. The Morgan fingerprint density at radius 3 is 2.71 bits per heavy atom. The van der Waals surface area contributed by atoms with Gasteiger partial charge in [-0.2, -0.15) is 4.31 Å². The maximum atomic E-state index is 12.5. The van der Waals surface area contributed by atoms with Crippen LogP contribution in [-0.2, 0) is 30.8 Å². The third-order valence-corrected chi connectivity index (χ3v) is 5.76. The highest BCUT2D eigenvalue weighted by molar-refractivity contribution is 7.89. The number of ether oxygens (including phenoxy) is 2. The number of carboxylic acid groups (broad SMARTS) is 1. The van der Waals surface area contributed by atoms with Crippen molar-refractivity contribution in [2.45, 2.75) is 37.3 Å². The molecule has 0 fully saturated rings. The van der Waals surface area contributed by atoms with Gasteiger partial charge in [0.25, 0.3) is 0 Å². The largest absolute Gasteiger partial charge is 0.480 e. The van der Waals surface area contributed by atoms with Gasteiger partial charge in [0.05, 0.1) is 11.5 Å². The van der Waals surface area contributed by atoms with E-state index in [9.17, 15) is 18.0 Å². The van der Waals surface area contributed by atoms with Crippen LogP contribution in [0.3, 0.4) is 0 Å². The van der Waals surface area contributed by atoms with Gasteiger partial charge in [-0.3, -0.25) is 4.79 Å². The molecule has 0 bridgehead atoms. The summed E-state index contributed by atoms with van der Waals surface area (Å²) in [5, 5.41) is 8.99. The first-order chi connectivity index (χ1) is 11.2. The second kappa shape index (κ2) is 6.78. The first-order valence-corrected chi connectivity index (χ1v) is 8.79. The summed E-state index contributed by atoms with van der Waals surface area (Å²) in [4.78, 5) is 22.7. The Hall–Kier alpha value is -2.13. The van der Waals surface area contributed by atoms with Gasteiger partial charge in [-0.15, -0.1) is 0 Å². The molecule has 24 heavy (non-hydrogen) atoms. The number of likely N-dealkylation sites (N-methyl/N-ethyl adjacent to an activating group) is 1. The molecule has 132 valence electrons. The summed E-state index contributed by atoms with van der Waals surface area (Å²) >= 11 is 0. The van der Waals surface area contributed by atoms with Gasteiger partial charge in [-0.1, -0.05) is 0 Å². The van der Waals surface area contributed by atoms with Crippen molar-refractivity contribution in [3.63, 3.8) is 0 Å². The van der Waals surface area contributed by atoms with E-state index in [1.165, 1.54) is 32.2 Å². The maximum absolute atomic E-state index is 12.5. The molecule has 1 N–H and O–H groups in total. The summed E-state index contributed by atoms with van der Waals surface area (Å²) in [6.45, 7) is 3.20. The Balaban J connectivity index is 2.26. The van der Waals surface area contributed by atoms with Crippen molar-refractivity contribution < 1.29 is 32.6 Å². The van der Waals surface area contributed by atoms with E-state index in [4.69, 9.17) is 14.6 Å². The van der Waals surface area contributed by atoms with Gasteiger partial charge in [0.15, 0.2) is 6.10 Å². The lowest BCUT2D eigenvalue weighted by molar-refractivity contribution is -0.150. The van der Waals surface area contributed by atoms with Gasteiger partial charge in [0.2, 0.25) is 10.0 Å². The minimum atomic E-state index is -3.97. The molecule has 9 heteroatoms. The van der Waals surface area contributed by atoms with Crippen LogP contribution < -0.4 is 4.74 Å². The summed E-state index contributed by atoms with van der Waals surface area (Å²) in [7, 11) is -2.76. The summed E-state index contributed by atoms with van der Waals surface area (Å²) in [6, 6.07) is 2.98. The number of hydrogen-bond acceptors (Lipinski definition) is 6. The molecule has 1 aliphatic rings. The number of benzene rings is 1. The van der Waals surface area contributed by atoms with Crippen molar-refractivity contribution in [2.24, 2.45) is 0 Å². The molecular weight excluding hydrogens is 338 g/mol. The average molecular weight is 357 g/mol. The number of rotatable bonds is 6. The monoisotopic (exact) mass is 357 g/mol. The number of aliphatic carboxylic acids is 1. The van der Waals surface area contributed by atoms with Gasteiger partial charge < -0.3 is 14.6 Å². The average Bonchev–Trinajstić information content (AvgIpc) is 2.96. The zero-order valence-corrected chi connectivity index (χ0v) is 14.4. The van der Waals surface area contributed by atoms with E-state index in [0.717, 1.165) is 4.31 Å². The number of nitrogens with zero attached hydrogens (tertiary/aromatic N) is 1. The Kier molecular flexibility index (Phi) is 5.14. The van der Waals surface area contributed by atoms with E-state index in [1.54, 1.807) is 6.92 Å². The first-order valence-electron chi connectivity index (χ1n) is 7.35. The standard InChI is InChI=1S/C15H19NO7S/c1-4-22-15(19)13-8-10-7-11(5-6-12(10)23-13)24(20,21)16(3)9(2)14(17)18/h5-7,9,13H,4,8H2,1-3H3,(H,17,18). The number of carbonyl (C=O) groups is 2. The summed E-state index contributed by atoms with van der Waals surface area (Å²) in [5.74, 6) is -1.33. The van der Waals surface area contributed by atoms with Gasteiger partial charge in [-0.05, 0) is 37.6 Å². The fraction of sp³-hybridized carbons (Fsp3) is 0.467. The van der Waals surface area contributed by atoms with E-state index in [2.05, 4.69) is 0 Å². The fourth-order valence-electron chi connectivity index (χ4n) is 2.28. The van der Waals surface area contributed by atoms with Crippen LogP contribution in [0.15, 0.2) is 23.1 Å². The lowest BCUT2D eigenvalue weighted by atomic mass is 10.1. The predicted octanol–water partition coefficient (Wildman–Crippen LogP) is 0.647. The van der Waals surface area contributed by atoms with Crippen LogP contribution in [0.4, 0.5) is 0 Å². The fourth-order valence-corrected chi connectivity index (χ4v) is 3.65. The predicted molar refractivity (Wildman–Crippen MR) is 83.2 cm³/mol. The highest BCUT2D eigenvalue weighted by atomic mass is 32.2. The molecule has 2 rings (SSSR count). The number of hydrogen-bond donors (Lipinski definition) is 1. The third kappa shape index (κ3) is 3.36. The minimum absolute atomic E-state index is 0.0510. The molecule has 8 nitrogen and oxygen atoms in total. The molecule has 2 atom stereocenters. The van der Waals surface area contributed by atoms with Crippen LogP contribution in [0.1, 0.15) is 19.4 Å². The van der Waals surface area contributed by atoms with Crippen molar-refractivity contribution >= 4 is 22.0 Å². The van der Waals surface area contributed by atoms with Gasteiger partial charge in [0.1, 0.15) is 11.8 Å². The quantitative estimate of drug-likeness (QED) is 0.744. The first kappa shape index (κ1) is 18.2. The molecule has 0 saturated carbocycles. The van der Waals surface area contributed by atoms with Crippen LogP contribution >= 0.6 is 0 Å². The lowest BCUT2D eigenvalue weighted by Gasteiger charge is -2.21. The molecule has 0 radical (unpaired) electrons. The molecule has 2 unspecified atom stereocenters. The Bertz CT molecular complexity index is 759. The van der Waals surface area contributed by atoms with Crippen molar-refractivity contribution in [3.8, 4) is 5.75 Å². The Morgan fingerprint density at radius 1 is 1.46 bits per heavy atom. The second-order valence-corrected chi connectivity index (χ2v) is 7.37. The molecule has 1 aromatic rings. The molecule has 0 aliphatic carbocycles. The molecule has 1 heterocycles. The van der Waals surface area contributed by atoms with Crippen molar-refractivity contribution in [1.29, 1.82) is 0 Å². The van der Waals surface area contributed by atoms with Crippen LogP contribution in [-0.4, -0.2) is 55.6 Å². The number of esters is 1. The number of carbonyl (C=O) groups excluding carboxylic acids is 1. The van der Waals surface area contributed by atoms with Crippen LogP contribution in [0.5, 0.6) is 5.75 Å². The molecule has 0 aromatic heterocycles. The highest BCUT2D eigenvalue weighted by Crippen LogP contribution is 2.32. The smallest absolute Gasteiger partial charge is 0.347 e. The van der Waals surface area contributed by atoms with Gasteiger partial charge in [0, 0.05) is 13.5 Å². The molecule has 0 spiro atoms. The van der Waals surface area contributed by atoms with E-state index in [1.807, 2.05) is 0 Å². The molecule has 0 saturated heterocycles. The number of sulfonamides is 1. The Labute approximate surface area is 140 Å². The van der Waals surface area contributed by atoms with Gasteiger partial charge >= 0.3 is 11.9 Å². The molecular formula is C15H19NO7S. The second-order valence-electron chi connectivity index (χ2n) is 5.37. The molecule has 0 amide bonds. The van der Waals surface area contributed by atoms with E-state index >= 15 is 0 Å². The summed E-state index contributed by atoms with van der Waals surface area (Å²) in [6.07, 6.45) is -0.594. The van der Waals surface area contributed by atoms with Crippen LogP contribution in [0.2, 0.25) is 0 Å². The maximum Gasteiger partial charge on any atom is 0.347 e. The minimum Gasteiger partial charge on any atom is -0.480 e. The summed E-state index contributed by atoms with van der Waals surface area (Å²) in [5.41, 5.74) is 0.561. The zero-order chi connectivity index (χ0) is 18.1. The van der Waals surface area contributed by atoms with Crippen molar-refractivity contribution in [3.05, 3.63) is 23.8 Å². The van der Waals surface area contributed by atoms with Gasteiger partial charge in [-0.25, -0.2) is 13.2 Å². The summed E-state index contributed by atoms with van der Waals surface area (Å²) < 4.78 is 36.2. The SMILES string of the molecule is CCOC(=O)C1Cc2cc(S(=O)(=O)N(C)C(C)C(=O)O)ccc2O1. The molecule has 1 aromatic carbocycles. The lowest BCUT2D eigenvalue weighted by Crippen LogP contribution is -2.40. The topological polar surface area (TPSA) is 110 Å². The molecule has 1 aliphatic heterocycles. The van der Waals surface area contributed by atoms with E-state index in [-0.39, 0.29) is 17.9 Å². The van der Waals surface area contributed by atoms with Crippen LogP contribution in [0.25, 0.3) is 0 Å². The number of fused-ring (bicyclic) bond motifs is 1. The normalized spacial score (nSPS) is 17.9. The van der Waals surface area contributed by atoms with E-state index < -0.39 is 34.1 Å². The van der Waals surface area contributed by atoms with Crippen LogP contribution in [0, 0.1) is 0 Å². The highest BCUT2D eigenvalue weighted by Gasteiger charge is 2.34.